The Bertz CT molecular complexity index is 289. The fourth-order valence-corrected chi connectivity index (χ4v) is 1.96. The molecule has 1 nitrogen and oxygen atoms in total. The smallest absolute Gasteiger partial charge is 0.0107 e. The number of benzene rings is 1. The molecular formula is C15H25N. The van der Waals surface area contributed by atoms with Crippen molar-refractivity contribution >= 4 is 0 Å². The van der Waals surface area contributed by atoms with Gasteiger partial charge in [0.25, 0.3) is 0 Å². The maximum absolute atomic E-state index is 3.43. The standard InChI is InChI=1S/C15H25N/c1-5-12(2)10-15(16-4)11-14-8-6-13(3)7-9-14/h6-9,12,15-16H,5,10-11H2,1-4H3. The lowest BCUT2D eigenvalue weighted by atomic mass is 9.94. The van der Waals surface area contributed by atoms with Crippen molar-refractivity contribution in [2.45, 2.75) is 46.1 Å². The Morgan fingerprint density at radius 3 is 2.31 bits per heavy atom. The van der Waals surface area contributed by atoms with Gasteiger partial charge in [0.1, 0.15) is 0 Å². The lowest BCUT2D eigenvalue weighted by Gasteiger charge is -2.19. The highest BCUT2D eigenvalue weighted by Crippen LogP contribution is 2.14. The van der Waals surface area contributed by atoms with E-state index < -0.39 is 0 Å². The maximum Gasteiger partial charge on any atom is 0.0107 e. The van der Waals surface area contributed by atoms with E-state index in [2.05, 4.69) is 57.4 Å². The zero-order valence-corrected chi connectivity index (χ0v) is 11.1. The third-order valence-corrected chi connectivity index (χ3v) is 3.39. The molecule has 0 bridgehead atoms. The molecule has 2 unspecified atom stereocenters. The monoisotopic (exact) mass is 219 g/mol. The molecule has 0 radical (unpaired) electrons. The van der Waals surface area contributed by atoms with E-state index in [9.17, 15) is 0 Å². The van der Waals surface area contributed by atoms with Crippen LogP contribution in [0.15, 0.2) is 24.3 Å². The van der Waals surface area contributed by atoms with E-state index in [-0.39, 0.29) is 0 Å². The van der Waals surface area contributed by atoms with Gasteiger partial charge in [-0.1, -0.05) is 50.1 Å². The number of hydrogen-bond acceptors (Lipinski definition) is 1. The summed E-state index contributed by atoms with van der Waals surface area (Å²) in [6.45, 7) is 6.74. The zero-order chi connectivity index (χ0) is 12.0. The van der Waals surface area contributed by atoms with Crippen molar-refractivity contribution in [2.24, 2.45) is 5.92 Å². The Balaban J connectivity index is 2.52. The van der Waals surface area contributed by atoms with E-state index in [1.54, 1.807) is 0 Å². The van der Waals surface area contributed by atoms with Crippen LogP contribution in [0.25, 0.3) is 0 Å². The summed E-state index contributed by atoms with van der Waals surface area (Å²) >= 11 is 0. The SMILES string of the molecule is CCC(C)CC(Cc1ccc(C)cc1)NC. The van der Waals surface area contributed by atoms with Gasteiger partial charge in [-0.05, 0) is 38.3 Å². The summed E-state index contributed by atoms with van der Waals surface area (Å²) in [4.78, 5) is 0. The van der Waals surface area contributed by atoms with Crippen LogP contribution in [0.2, 0.25) is 0 Å². The average Bonchev–Trinajstić information content (AvgIpc) is 2.30. The minimum atomic E-state index is 0.609. The van der Waals surface area contributed by atoms with Crippen molar-refractivity contribution in [3.05, 3.63) is 35.4 Å². The van der Waals surface area contributed by atoms with Crippen molar-refractivity contribution in [3.8, 4) is 0 Å². The van der Waals surface area contributed by atoms with Crippen molar-refractivity contribution in [3.63, 3.8) is 0 Å². The molecule has 1 N–H and O–H groups in total. The minimum absolute atomic E-state index is 0.609. The summed E-state index contributed by atoms with van der Waals surface area (Å²) in [6.07, 6.45) is 3.67. The molecule has 1 aromatic carbocycles. The van der Waals surface area contributed by atoms with E-state index >= 15 is 0 Å². The molecule has 0 aliphatic heterocycles. The van der Waals surface area contributed by atoms with E-state index in [0.29, 0.717) is 6.04 Å². The van der Waals surface area contributed by atoms with E-state index in [4.69, 9.17) is 0 Å². The number of nitrogens with one attached hydrogen (secondary N) is 1. The molecular weight excluding hydrogens is 194 g/mol. The van der Waals surface area contributed by atoms with Gasteiger partial charge in [0.15, 0.2) is 0 Å². The van der Waals surface area contributed by atoms with Crippen molar-refractivity contribution in [1.29, 1.82) is 0 Å². The first kappa shape index (κ1) is 13.2. The lowest BCUT2D eigenvalue weighted by molar-refractivity contribution is 0.410. The van der Waals surface area contributed by atoms with Crippen LogP contribution in [0.5, 0.6) is 0 Å². The topological polar surface area (TPSA) is 12.0 Å². The van der Waals surface area contributed by atoms with Crippen LogP contribution in [-0.2, 0) is 6.42 Å². The normalized spacial score (nSPS) is 14.8. The molecule has 0 heterocycles. The van der Waals surface area contributed by atoms with Crippen LogP contribution in [0.1, 0.15) is 37.8 Å². The van der Waals surface area contributed by atoms with E-state index in [1.165, 1.54) is 24.0 Å². The van der Waals surface area contributed by atoms with E-state index in [0.717, 1.165) is 12.3 Å². The number of hydrogen-bond donors (Lipinski definition) is 1. The highest BCUT2D eigenvalue weighted by Gasteiger charge is 2.10. The molecule has 1 rings (SSSR count). The first-order valence-electron chi connectivity index (χ1n) is 6.38. The molecule has 0 saturated carbocycles. The lowest BCUT2D eigenvalue weighted by Crippen LogP contribution is -2.29. The number of likely N-dealkylation sites (N-methyl/N-ethyl adjacent to an activating group) is 1. The van der Waals surface area contributed by atoms with Crippen LogP contribution >= 0.6 is 0 Å². The Hall–Kier alpha value is -0.820. The second kappa shape index (κ2) is 6.70. The van der Waals surface area contributed by atoms with Gasteiger partial charge in [0.2, 0.25) is 0 Å². The Kier molecular flexibility index (Phi) is 5.54. The molecule has 0 spiro atoms. The van der Waals surface area contributed by atoms with Gasteiger partial charge in [-0.25, -0.2) is 0 Å². The van der Waals surface area contributed by atoms with Gasteiger partial charge in [-0.2, -0.15) is 0 Å². The Morgan fingerprint density at radius 2 is 1.81 bits per heavy atom. The second-order valence-corrected chi connectivity index (χ2v) is 4.92. The van der Waals surface area contributed by atoms with Crippen molar-refractivity contribution in [2.75, 3.05) is 7.05 Å². The van der Waals surface area contributed by atoms with Crippen LogP contribution < -0.4 is 5.32 Å². The molecule has 16 heavy (non-hydrogen) atoms. The molecule has 90 valence electrons. The van der Waals surface area contributed by atoms with Crippen molar-refractivity contribution in [1.82, 2.24) is 5.32 Å². The van der Waals surface area contributed by atoms with Crippen molar-refractivity contribution < 1.29 is 0 Å². The number of rotatable bonds is 6. The van der Waals surface area contributed by atoms with Gasteiger partial charge >= 0.3 is 0 Å². The molecule has 2 atom stereocenters. The first-order valence-corrected chi connectivity index (χ1v) is 6.38. The molecule has 0 aliphatic rings. The predicted octanol–water partition coefficient (Wildman–Crippen LogP) is 3.56. The molecule has 0 saturated heterocycles. The largest absolute Gasteiger partial charge is 0.317 e. The minimum Gasteiger partial charge on any atom is -0.317 e. The average molecular weight is 219 g/mol. The fraction of sp³-hybridized carbons (Fsp3) is 0.600. The molecule has 1 aromatic rings. The summed E-state index contributed by atoms with van der Waals surface area (Å²) < 4.78 is 0. The summed E-state index contributed by atoms with van der Waals surface area (Å²) in [5.41, 5.74) is 2.78. The number of aryl methyl sites for hydroxylation is 1. The molecule has 0 aliphatic carbocycles. The zero-order valence-electron chi connectivity index (χ0n) is 11.1. The van der Waals surface area contributed by atoms with E-state index in [1.807, 2.05) is 0 Å². The Labute approximate surface area is 100 Å². The predicted molar refractivity (Wildman–Crippen MR) is 71.8 cm³/mol. The quantitative estimate of drug-likeness (QED) is 0.771. The highest BCUT2D eigenvalue weighted by atomic mass is 14.9. The van der Waals surface area contributed by atoms with Gasteiger partial charge in [-0.15, -0.1) is 0 Å². The second-order valence-electron chi connectivity index (χ2n) is 4.92. The molecule has 0 aromatic heterocycles. The van der Waals surface area contributed by atoms with Gasteiger partial charge in [0, 0.05) is 6.04 Å². The van der Waals surface area contributed by atoms with Crippen LogP contribution in [0, 0.1) is 12.8 Å². The van der Waals surface area contributed by atoms with Gasteiger partial charge < -0.3 is 5.32 Å². The third-order valence-electron chi connectivity index (χ3n) is 3.39. The van der Waals surface area contributed by atoms with Crippen LogP contribution in [0.4, 0.5) is 0 Å². The maximum atomic E-state index is 3.43. The molecule has 0 amide bonds. The first-order chi connectivity index (χ1) is 7.65. The molecule has 1 heteroatoms. The summed E-state index contributed by atoms with van der Waals surface area (Å²) in [6, 6.07) is 9.50. The highest BCUT2D eigenvalue weighted by molar-refractivity contribution is 5.22. The van der Waals surface area contributed by atoms with Crippen LogP contribution in [-0.4, -0.2) is 13.1 Å². The van der Waals surface area contributed by atoms with Crippen LogP contribution in [0.3, 0.4) is 0 Å². The van der Waals surface area contributed by atoms with Gasteiger partial charge in [-0.3, -0.25) is 0 Å². The third kappa shape index (κ3) is 4.36. The Morgan fingerprint density at radius 1 is 1.19 bits per heavy atom. The fourth-order valence-electron chi connectivity index (χ4n) is 1.96. The summed E-state index contributed by atoms with van der Waals surface area (Å²) in [5.74, 6) is 0.808. The summed E-state index contributed by atoms with van der Waals surface area (Å²) in [7, 11) is 2.07. The van der Waals surface area contributed by atoms with Gasteiger partial charge in [0.05, 0.1) is 0 Å². The summed E-state index contributed by atoms with van der Waals surface area (Å²) in [5, 5.41) is 3.43. The molecule has 0 fully saturated rings.